The van der Waals surface area contributed by atoms with E-state index in [1.54, 1.807) is 27.0 Å². The molecule has 7 heteroatoms. The van der Waals surface area contributed by atoms with Crippen LogP contribution in [-0.2, 0) is 9.53 Å². The van der Waals surface area contributed by atoms with Gasteiger partial charge in [0, 0.05) is 24.7 Å². The number of carbonyl (C=O) groups excluding carboxylic acids is 2. The summed E-state index contributed by atoms with van der Waals surface area (Å²) in [4.78, 5) is 24.6. The summed E-state index contributed by atoms with van der Waals surface area (Å²) < 4.78 is 5.44. The second-order valence-electron chi connectivity index (χ2n) is 6.59. The Hall–Kier alpha value is -2.64. The second-order valence-corrected chi connectivity index (χ2v) is 6.59. The third-order valence-electron chi connectivity index (χ3n) is 4.57. The van der Waals surface area contributed by atoms with E-state index in [0.717, 1.165) is 0 Å². The molecule has 1 heterocycles. The Bertz CT molecular complexity index is 770. The fourth-order valence-electron chi connectivity index (χ4n) is 2.64. The van der Waals surface area contributed by atoms with Crippen molar-refractivity contribution in [2.24, 2.45) is 5.92 Å². The molecule has 27 heavy (non-hydrogen) atoms. The summed E-state index contributed by atoms with van der Waals surface area (Å²) in [5, 5.41) is 33.2. The molecular weight excluding hydrogens is 350 g/mol. The number of fused-ring (bicyclic) bond motifs is 1. The monoisotopic (exact) mass is 375 g/mol. The van der Waals surface area contributed by atoms with Crippen LogP contribution in [0.4, 0.5) is 5.69 Å². The van der Waals surface area contributed by atoms with Crippen molar-refractivity contribution in [1.82, 2.24) is 0 Å². The summed E-state index contributed by atoms with van der Waals surface area (Å²) in [7, 11) is 1.67. The zero-order chi connectivity index (χ0) is 20.1. The van der Waals surface area contributed by atoms with Crippen molar-refractivity contribution in [2.75, 3.05) is 12.4 Å². The van der Waals surface area contributed by atoms with Crippen LogP contribution in [0.2, 0.25) is 0 Å². The molecule has 4 atom stereocenters. The van der Waals surface area contributed by atoms with Crippen LogP contribution in [0.1, 0.15) is 36.2 Å². The number of aromatic hydroxyl groups is 1. The summed E-state index contributed by atoms with van der Waals surface area (Å²) in [6.07, 6.45) is 2.34. The van der Waals surface area contributed by atoms with Gasteiger partial charge in [-0.15, -0.1) is 0 Å². The van der Waals surface area contributed by atoms with E-state index in [4.69, 9.17) is 4.74 Å². The summed E-state index contributed by atoms with van der Waals surface area (Å²) in [5.41, 5.74) is 0.992. The highest BCUT2D eigenvalue weighted by atomic mass is 16.5. The van der Waals surface area contributed by atoms with Gasteiger partial charge in [0.15, 0.2) is 5.78 Å². The highest BCUT2D eigenvalue weighted by Crippen LogP contribution is 2.29. The number of nitrogens with one attached hydrogen (secondary N) is 1. The molecule has 146 valence electrons. The molecule has 1 aromatic carbocycles. The molecule has 1 aliphatic rings. The Morgan fingerprint density at radius 3 is 2.52 bits per heavy atom. The predicted octanol–water partition coefficient (Wildman–Crippen LogP) is 1.88. The van der Waals surface area contributed by atoms with Gasteiger partial charge in [-0.25, -0.2) is 4.79 Å². The van der Waals surface area contributed by atoms with Gasteiger partial charge in [0.05, 0.1) is 6.10 Å². The fraction of sp³-hybridized carbons (Fsp3) is 0.400. The number of carbonyl (C=O) groups is 2. The Morgan fingerprint density at radius 2 is 1.85 bits per heavy atom. The smallest absolute Gasteiger partial charge is 0.342 e. The van der Waals surface area contributed by atoms with Crippen molar-refractivity contribution < 1.29 is 29.6 Å². The third kappa shape index (κ3) is 4.96. The number of anilines is 1. The molecule has 7 nitrogen and oxygen atoms in total. The number of rotatable bonds is 1. The maximum atomic E-state index is 12.6. The van der Waals surface area contributed by atoms with Gasteiger partial charge in [0.1, 0.15) is 23.5 Å². The summed E-state index contributed by atoms with van der Waals surface area (Å²) in [5.74, 6) is -1.85. The van der Waals surface area contributed by atoms with Gasteiger partial charge in [0.2, 0.25) is 0 Å². The SMILES string of the molecule is CNc1cc(O)c2c(c1)C=CC[C@H](O)[C@H](O)C(=O)/C=C\[C@@H](C)[C@H](C)OC2=O. The molecule has 0 radical (unpaired) electrons. The summed E-state index contributed by atoms with van der Waals surface area (Å²) >= 11 is 0. The molecule has 0 fully saturated rings. The van der Waals surface area contributed by atoms with Crippen LogP contribution in [0.25, 0.3) is 6.08 Å². The van der Waals surface area contributed by atoms with Crippen LogP contribution >= 0.6 is 0 Å². The average molecular weight is 375 g/mol. The largest absolute Gasteiger partial charge is 0.507 e. The number of phenolic OH excluding ortho intramolecular Hbond substituents is 1. The minimum Gasteiger partial charge on any atom is -0.507 e. The summed E-state index contributed by atoms with van der Waals surface area (Å²) in [6, 6.07) is 3.07. The first-order valence-corrected chi connectivity index (χ1v) is 8.75. The zero-order valence-corrected chi connectivity index (χ0v) is 15.5. The lowest BCUT2D eigenvalue weighted by Gasteiger charge is -2.20. The van der Waals surface area contributed by atoms with Crippen molar-refractivity contribution in [3.05, 3.63) is 41.5 Å². The number of hydrogen-bond acceptors (Lipinski definition) is 7. The molecule has 0 amide bonds. The first kappa shape index (κ1) is 20.7. The maximum Gasteiger partial charge on any atom is 0.342 e. The van der Waals surface area contributed by atoms with Crippen LogP contribution in [0.15, 0.2) is 30.4 Å². The minimum absolute atomic E-state index is 0.00820. The number of benzene rings is 1. The minimum atomic E-state index is -1.55. The van der Waals surface area contributed by atoms with E-state index in [2.05, 4.69) is 5.32 Å². The van der Waals surface area contributed by atoms with Crippen molar-refractivity contribution in [1.29, 1.82) is 0 Å². The van der Waals surface area contributed by atoms with Gasteiger partial charge in [-0.1, -0.05) is 25.2 Å². The molecular formula is C20H25NO6. The molecule has 0 aromatic heterocycles. The van der Waals surface area contributed by atoms with Crippen molar-refractivity contribution in [3.8, 4) is 5.75 Å². The Morgan fingerprint density at radius 1 is 1.15 bits per heavy atom. The molecule has 1 aliphatic heterocycles. The molecule has 0 bridgehead atoms. The molecule has 2 rings (SSSR count). The molecule has 0 saturated carbocycles. The number of aliphatic hydroxyl groups is 2. The maximum absolute atomic E-state index is 12.6. The molecule has 0 saturated heterocycles. The normalized spacial score (nSPS) is 28.0. The van der Waals surface area contributed by atoms with Gasteiger partial charge in [-0.05, 0) is 31.1 Å². The van der Waals surface area contributed by atoms with Gasteiger partial charge < -0.3 is 25.4 Å². The standard InChI is InChI=1S/C20H25NO6/c1-11-7-8-16(23)19(25)15(22)6-4-5-13-9-14(21-3)10-17(24)18(13)20(26)27-12(11)2/h4-5,7-12,15,19,21-22,24-25H,6H2,1-3H3/b5-4?,8-7-/t11-,12+,15+,19+/m1/s1. The number of phenols is 1. The van der Waals surface area contributed by atoms with Gasteiger partial charge >= 0.3 is 5.97 Å². The quantitative estimate of drug-likeness (QED) is 0.554. The number of cyclic esters (lactones) is 1. The van der Waals surface area contributed by atoms with Gasteiger partial charge in [-0.2, -0.15) is 0 Å². The summed E-state index contributed by atoms with van der Waals surface area (Å²) in [6.45, 7) is 3.42. The van der Waals surface area contributed by atoms with E-state index in [1.165, 1.54) is 30.4 Å². The number of ether oxygens (including phenoxy) is 1. The van der Waals surface area contributed by atoms with Crippen LogP contribution in [0.3, 0.4) is 0 Å². The zero-order valence-electron chi connectivity index (χ0n) is 15.5. The van der Waals surface area contributed by atoms with Crippen LogP contribution in [-0.4, -0.2) is 52.4 Å². The van der Waals surface area contributed by atoms with E-state index in [1.807, 2.05) is 0 Å². The van der Waals surface area contributed by atoms with Crippen molar-refractivity contribution in [2.45, 2.75) is 38.6 Å². The molecule has 0 aliphatic carbocycles. The van der Waals surface area contributed by atoms with E-state index in [9.17, 15) is 24.9 Å². The molecule has 4 N–H and O–H groups in total. The highest BCUT2D eigenvalue weighted by Gasteiger charge is 2.25. The molecule has 1 aromatic rings. The van der Waals surface area contributed by atoms with Gasteiger partial charge in [-0.3, -0.25) is 4.79 Å². The van der Waals surface area contributed by atoms with Crippen LogP contribution in [0.5, 0.6) is 5.75 Å². The van der Waals surface area contributed by atoms with E-state index < -0.39 is 30.1 Å². The Labute approximate surface area is 158 Å². The lowest BCUT2D eigenvalue weighted by atomic mass is 9.99. The number of hydrogen-bond donors (Lipinski definition) is 4. The molecule has 0 spiro atoms. The lowest BCUT2D eigenvalue weighted by Crippen LogP contribution is -2.32. The topological polar surface area (TPSA) is 116 Å². The van der Waals surface area contributed by atoms with Crippen molar-refractivity contribution >= 4 is 23.5 Å². The second kappa shape index (κ2) is 8.83. The predicted molar refractivity (Wildman–Crippen MR) is 102 cm³/mol. The highest BCUT2D eigenvalue weighted by molar-refractivity contribution is 5.97. The first-order valence-electron chi connectivity index (χ1n) is 8.75. The lowest BCUT2D eigenvalue weighted by molar-refractivity contribution is -0.127. The Kier molecular flexibility index (Phi) is 6.76. The van der Waals surface area contributed by atoms with E-state index in [-0.39, 0.29) is 23.7 Å². The first-order chi connectivity index (χ1) is 12.7. The van der Waals surface area contributed by atoms with E-state index >= 15 is 0 Å². The Balaban J connectivity index is 2.50. The fourth-order valence-corrected chi connectivity index (χ4v) is 2.64. The number of ketones is 1. The third-order valence-corrected chi connectivity index (χ3v) is 4.57. The average Bonchev–Trinajstić information content (AvgIpc) is 2.63. The van der Waals surface area contributed by atoms with Gasteiger partial charge in [0.25, 0.3) is 0 Å². The number of esters is 1. The molecule has 0 unspecified atom stereocenters. The van der Waals surface area contributed by atoms with E-state index in [0.29, 0.717) is 11.3 Å². The van der Waals surface area contributed by atoms with Crippen LogP contribution < -0.4 is 5.32 Å². The number of aliphatic hydroxyl groups excluding tert-OH is 2. The van der Waals surface area contributed by atoms with Crippen molar-refractivity contribution in [3.63, 3.8) is 0 Å². The van der Waals surface area contributed by atoms with Crippen LogP contribution in [0, 0.1) is 5.92 Å².